The summed E-state index contributed by atoms with van der Waals surface area (Å²) in [5, 5.41) is 5.83. The van der Waals surface area contributed by atoms with Gasteiger partial charge in [-0.2, -0.15) is 0 Å². The molecule has 1 fully saturated rings. The smallest absolute Gasteiger partial charge is 0.238 e. The molecule has 1 amide bonds. The Morgan fingerprint density at radius 1 is 1.39 bits per heavy atom. The molecule has 18 heavy (non-hydrogen) atoms. The predicted octanol–water partition coefficient (Wildman–Crippen LogP) is 2.60. The highest BCUT2D eigenvalue weighted by atomic mass is 19.1. The van der Waals surface area contributed by atoms with Crippen LogP contribution < -0.4 is 10.6 Å². The third-order valence-corrected chi connectivity index (χ3v) is 3.39. The normalized spacial score (nSPS) is 15.9. The molecule has 1 saturated carbocycles. The van der Waals surface area contributed by atoms with Gasteiger partial charge in [0.25, 0.3) is 0 Å². The van der Waals surface area contributed by atoms with Crippen molar-refractivity contribution in [3.63, 3.8) is 0 Å². The molecular weight excluding hydrogens is 231 g/mol. The monoisotopic (exact) mass is 250 g/mol. The van der Waals surface area contributed by atoms with E-state index in [9.17, 15) is 9.18 Å². The van der Waals surface area contributed by atoms with E-state index in [1.165, 1.54) is 18.9 Å². The third kappa shape index (κ3) is 3.29. The van der Waals surface area contributed by atoms with Gasteiger partial charge in [-0.05, 0) is 31.4 Å². The molecule has 2 N–H and O–H groups in total. The van der Waals surface area contributed by atoms with Crippen molar-refractivity contribution < 1.29 is 9.18 Å². The Bertz CT molecular complexity index is 408. The van der Waals surface area contributed by atoms with E-state index in [0.29, 0.717) is 6.04 Å². The minimum atomic E-state index is -0.385. The zero-order valence-corrected chi connectivity index (χ0v) is 10.6. The number of hydrogen-bond donors (Lipinski definition) is 2. The van der Waals surface area contributed by atoms with Gasteiger partial charge in [-0.15, -0.1) is 0 Å². The van der Waals surface area contributed by atoms with Crippen LogP contribution in [0.5, 0.6) is 0 Å². The van der Waals surface area contributed by atoms with Crippen LogP contribution in [0, 0.1) is 12.7 Å². The van der Waals surface area contributed by atoms with Crippen LogP contribution in [0.4, 0.5) is 10.1 Å². The average Bonchev–Trinajstić information content (AvgIpc) is 2.84. The van der Waals surface area contributed by atoms with Crippen molar-refractivity contribution in [3.8, 4) is 0 Å². The topological polar surface area (TPSA) is 41.1 Å². The van der Waals surface area contributed by atoms with Crippen LogP contribution in [0.25, 0.3) is 0 Å². The molecule has 2 rings (SSSR count). The predicted molar refractivity (Wildman–Crippen MR) is 70.0 cm³/mol. The highest BCUT2D eigenvalue weighted by Crippen LogP contribution is 2.19. The van der Waals surface area contributed by atoms with Crippen molar-refractivity contribution in [1.82, 2.24) is 5.32 Å². The number of anilines is 1. The van der Waals surface area contributed by atoms with Crippen molar-refractivity contribution in [2.75, 3.05) is 11.9 Å². The van der Waals surface area contributed by atoms with Crippen LogP contribution in [-0.2, 0) is 4.79 Å². The lowest BCUT2D eigenvalue weighted by Gasteiger charge is -2.13. The molecule has 3 nitrogen and oxygen atoms in total. The van der Waals surface area contributed by atoms with Gasteiger partial charge in [-0.25, -0.2) is 4.39 Å². The first-order chi connectivity index (χ1) is 8.66. The van der Waals surface area contributed by atoms with Crippen molar-refractivity contribution in [2.24, 2.45) is 0 Å². The second-order valence-electron chi connectivity index (χ2n) is 4.84. The lowest BCUT2D eigenvalue weighted by molar-refractivity contribution is -0.115. The Morgan fingerprint density at radius 2 is 2.11 bits per heavy atom. The van der Waals surface area contributed by atoms with Crippen molar-refractivity contribution in [2.45, 2.75) is 38.6 Å². The van der Waals surface area contributed by atoms with Gasteiger partial charge in [0.15, 0.2) is 0 Å². The molecule has 1 aliphatic carbocycles. The van der Waals surface area contributed by atoms with E-state index in [1.807, 2.05) is 0 Å². The first kappa shape index (κ1) is 13.0. The fraction of sp³-hybridized carbons (Fsp3) is 0.500. The number of benzene rings is 1. The number of nitrogens with one attached hydrogen (secondary N) is 2. The number of carbonyl (C=O) groups is 1. The summed E-state index contributed by atoms with van der Waals surface area (Å²) in [4.78, 5) is 11.7. The van der Waals surface area contributed by atoms with Crippen LogP contribution in [0.3, 0.4) is 0 Å². The minimum Gasteiger partial charge on any atom is -0.322 e. The quantitative estimate of drug-likeness (QED) is 0.862. The van der Waals surface area contributed by atoms with Gasteiger partial charge in [0, 0.05) is 6.04 Å². The molecule has 0 heterocycles. The van der Waals surface area contributed by atoms with Crippen LogP contribution in [-0.4, -0.2) is 18.5 Å². The van der Waals surface area contributed by atoms with E-state index in [2.05, 4.69) is 10.6 Å². The largest absolute Gasteiger partial charge is 0.322 e. The van der Waals surface area contributed by atoms with E-state index in [4.69, 9.17) is 0 Å². The van der Waals surface area contributed by atoms with E-state index in [1.54, 1.807) is 19.1 Å². The van der Waals surface area contributed by atoms with Crippen molar-refractivity contribution in [1.29, 1.82) is 0 Å². The second-order valence-corrected chi connectivity index (χ2v) is 4.84. The SMILES string of the molecule is Cc1cccc(F)c1NC(=O)CNC1CCCC1. The van der Waals surface area contributed by atoms with Gasteiger partial charge in [0.2, 0.25) is 5.91 Å². The van der Waals surface area contributed by atoms with Gasteiger partial charge >= 0.3 is 0 Å². The molecule has 1 aliphatic rings. The fourth-order valence-corrected chi connectivity index (χ4v) is 2.34. The summed E-state index contributed by atoms with van der Waals surface area (Å²) in [5.41, 5.74) is 1.03. The first-order valence-corrected chi connectivity index (χ1v) is 6.45. The summed E-state index contributed by atoms with van der Waals surface area (Å²) in [6, 6.07) is 5.21. The molecule has 0 bridgehead atoms. The Kier molecular flexibility index (Phi) is 4.31. The zero-order chi connectivity index (χ0) is 13.0. The molecule has 98 valence electrons. The van der Waals surface area contributed by atoms with E-state index >= 15 is 0 Å². The molecule has 0 aromatic heterocycles. The zero-order valence-electron chi connectivity index (χ0n) is 10.6. The molecule has 1 aromatic carbocycles. The van der Waals surface area contributed by atoms with Crippen LogP contribution in [0.2, 0.25) is 0 Å². The summed E-state index contributed by atoms with van der Waals surface area (Å²) in [6.45, 7) is 2.03. The summed E-state index contributed by atoms with van der Waals surface area (Å²) in [7, 11) is 0. The molecule has 0 saturated heterocycles. The minimum absolute atomic E-state index is 0.185. The molecule has 4 heteroatoms. The number of halogens is 1. The van der Waals surface area contributed by atoms with Crippen molar-refractivity contribution in [3.05, 3.63) is 29.6 Å². The summed E-state index contributed by atoms with van der Waals surface area (Å²) >= 11 is 0. The number of carbonyl (C=O) groups excluding carboxylic acids is 1. The Morgan fingerprint density at radius 3 is 2.78 bits per heavy atom. The van der Waals surface area contributed by atoms with E-state index in [-0.39, 0.29) is 24.0 Å². The van der Waals surface area contributed by atoms with Crippen LogP contribution in [0.15, 0.2) is 18.2 Å². The highest BCUT2D eigenvalue weighted by Gasteiger charge is 2.16. The van der Waals surface area contributed by atoms with Crippen LogP contribution >= 0.6 is 0 Å². The number of rotatable bonds is 4. The molecule has 0 aliphatic heterocycles. The van der Waals surface area contributed by atoms with E-state index in [0.717, 1.165) is 18.4 Å². The molecule has 0 spiro atoms. The summed E-state index contributed by atoms with van der Waals surface area (Å²) in [6.07, 6.45) is 4.72. The number of para-hydroxylation sites is 1. The maximum absolute atomic E-state index is 13.5. The molecule has 1 aromatic rings. The first-order valence-electron chi connectivity index (χ1n) is 6.45. The Labute approximate surface area is 107 Å². The van der Waals surface area contributed by atoms with Gasteiger partial charge < -0.3 is 10.6 Å². The number of aryl methyl sites for hydroxylation is 1. The molecule has 0 radical (unpaired) electrons. The van der Waals surface area contributed by atoms with Gasteiger partial charge in [-0.3, -0.25) is 4.79 Å². The van der Waals surface area contributed by atoms with E-state index < -0.39 is 0 Å². The maximum atomic E-state index is 13.5. The Hall–Kier alpha value is -1.42. The molecule has 0 unspecified atom stereocenters. The number of hydrogen-bond acceptors (Lipinski definition) is 2. The average molecular weight is 250 g/mol. The van der Waals surface area contributed by atoms with Gasteiger partial charge in [0.1, 0.15) is 5.82 Å². The molecule has 0 atom stereocenters. The third-order valence-electron chi connectivity index (χ3n) is 3.39. The highest BCUT2D eigenvalue weighted by molar-refractivity contribution is 5.93. The lowest BCUT2D eigenvalue weighted by atomic mass is 10.2. The fourth-order valence-electron chi connectivity index (χ4n) is 2.34. The molecular formula is C14H19FN2O. The summed E-state index contributed by atoms with van der Waals surface area (Å²) < 4.78 is 13.5. The van der Waals surface area contributed by atoms with Gasteiger partial charge in [0.05, 0.1) is 12.2 Å². The van der Waals surface area contributed by atoms with Gasteiger partial charge in [-0.1, -0.05) is 25.0 Å². The van der Waals surface area contributed by atoms with Crippen molar-refractivity contribution >= 4 is 11.6 Å². The van der Waals surface area contributed by atoms with Crippen LogP contribution in [0.1, 0.15) is 31.2 Å². The summed E-state index contributed by atoms with van der Waals surface area (Å²) in [5.74, 6) is -0.570. The standard InChI is InChI=1S/C14H19FN2O/c1-10-5-4-8-12(15)14(10)17-13(18)9-16-11-6-2-3-7-11/h4-5,8,11,16H,2-3,6-7,9H2,1H3,(H,17,18). The Balaban J connectivity index is 1.86. The maximum Gasteiger partial charge on any atom is 0.238 e. The number of amides is 1. The lowest BCUT2D eigenvalue weighted by Crippen LogP contribution is -2.34. The second kappa shape index (κ2) is 5.96.